The zero-order valence-electron chi connectivity index (χ0n) is 16.8. The van der Waals surface area contributed by atoms with Gasteiger partial charge >= 0.3 is 6.03 Å². The molecular formula is C24H17N5OS2. The molecule has 32 heavy (non-hydrogen) atoms. The minimum Gasteiger partial charge on any atom is -0.331 e. The van der Waals surface area contributed by atoms with Gasteiger partial charge < -0.3 is 10.6 Å². The highest BCUT2D eigenvalue weighted by Gasteiger charge is 2.13. The van der Waals surface area contributed by atoms with Crippen LogP contribution in [0.2, 0.25) is 0 Å². The molecule has 3 aromatic heterocycles. The summed E-state index contributed by atoms with van der Waals surface area (Å²) >= 11 is 3.31. The van der Waals surface area contributed by atoms with Crippen molar-refractivity contribution >= 4 is 65.6 Å². The molecule has 2 amide bonds. The quantitative estimate of drug-likeness (QED) is 0.289. The van der Waals surface area contributed by atoms with Gasteiger partial charge in [0.25, 0.3) is 0 Å². The molecule has 8 heteroatoms. The lowest BCUT2D eigenvalue weighted by Gasteiger charge is -2.09. The van der Waals surface area contributed by atoms with Gasteiger partial charge in [0, 0.05) is 26.2 Å². The maximum atomic E-state index is 12.6. The number of hydrogen-bond donors (Lipinski definition) is 3. The number of thiazole rings is 1. The second-order valence-electron chi connectivity index (χ2n) is 7.39. The van der Waals surface area contributed by atoms with Crippen molar-refractivity contribution in [2.24, 2.45) is 0 Å². The second kappa shape index (κ2) is 7.74. The van der Waals surface area contributed by atoms with Crippen LogP contribution in [0.15, 0.2) is 72.9 Å². The summed E-state index contributed by atoms with van der Waals surface area (Å²) in [4.78, 5) is 18.3. The molecule has 0 aliphatic rings. The van der Waals surface area contributed by atoms with Gasteiger partial charge in [-0.3, -0.25) is 5.10 Å². The fraction of sp³-hybridized carbons (Fsp3) is 0.0417. The topological polar surface area (TPSA) is 82.7 Å². The van der Waals surface area contributed by atoms with Crippen LogP contribution in [0.1, 0.15) is 5.01 Å². The van der Waals surface area contributed by atoms with Gasteiger partial charge in [-0.2, -0.15) is 5.10 Å². The molecule has 6 rings (SSSR count). The highest BCUT2D eigenvalue weighted by molar-refractivity contribution is 7.22. The smallest absolute Gasteiger partial charge is 0.319 e. The fourth-order valence-electron chi connectivity index (χ4n) is 3.77. The van der Waals surface area contributed by atoms with E-state index in [1.54, 1.807) is 28.9 Å². The molecule has 156 valence electrons. The van der Waals surface area contributed by atoms with Crippen molar-refractivity contribution in [1.29, 1.82) is 0 Å². The summed E-state index contributed by atoms with van der Waals surface area (Å²) in [5.74, 6) is 0. The molecule has 6 nitrogen and oxygen atoms in total. The Hall–Kier alpha value is -3.75. The number of carbonyl (C=O) groups excluding carboxylic acids is 1. The van der Waals surface area contributed by atoms with E-state index < -0.39 is 0 Å². The number of rotatable bonds is 4. The van der Waals surface area contributed by atoms with E-state index in [9.17, 15) is 4.79 Å². The van der Waals surface area contributed by atoms with Crippen LogP contribution in [0.25, 0.3) is 41.6 Å². The van der Waals surface area contributed by atoms with E-state index >= 15 is 0 Å². The van der Waals surface area contributed by atoms with Gasteiger partial charge in [0.1, 0.15) is 5.01 Å². The highest BCUT2D eigenvalue weighted by Crippen LogP contribution is 2.38. The number of para-hydroxylation sites is 1. The molecule has 0 saturated heterocycles. The van der Waals surface area contributed by atoms with E-state index in [4.69, 9.17) is 0 Å². The normalized spacial score (nSPS) is 11.4. The highest BCUT2D eigenvalue weighted by atomic mass is 32.1. The summed E-state index contributed by atoms with van der Waals surface area (Å²) in [6, 6.07) is 22.1. The molecule has 3 N–H and O–H groups in total. The Morgan fingerprint density at radius 3 is 2.66 bits per heavy atom. The monoisotopic (exact) mass is 455 g/mol. The number of nitrogens with one attached hydrogen (secondary N) is 3. The molecule has 0 aliphatic carbocycles. The summed E-state index contributed by atoms with van der Waals surface area (Å²) in [5, 5.41) is 16.2. The number of amides is 2. The number of H-pyrrole nitrogens is 1. The van der Waals surface area contributed by atoms with Gasteiger partial charge in [-0.15, -0.1) is 22.7 Å². The number of carbonyl (C=O) groups is 1. The van der Waals surface area contributed by atoms with Crippen LogP contribution in [-0.2, 0) is 6.54 Å². The molecule has 0 bridgehead atoms. The first kappa shape index (κ1) is 19.0. The predicted octanol–water partition coefficient (Wildman–Crippen LogP) is 6.38. The largest absolute Gasteiger partial charge is 0.331 e. The molecule has 3 aromatic carbocycles. The number of aromatic nitrogens is 3. The van der Waals surface area contributed by atoms with Crippen LogP contribution >= 0.6 is 22.7 Å². The van der Waals surface area contributed by atoms with Gasteiger partial charge in [-0.25, -0.2) is 9.78 Å². The van der Waals surface area contributed by atoms with Crippen LogP contribution < -0.4 is 10.6 Å². The van der Waals surface area contributed by atoms with Gasteiger partial charge in [0.2, 0.25) is 0 Å². The van der Waals surface area contributed by atoms with Crippen LogP contribution in [0.4, 0.5) is 10.5 Å². The van der Waals surface area contributed by atoms with Crippen molar-refractivity contribution in [2.45, 2.75) is 6.54 Å². The van der Waals surface area contributed by atoms with Gasteiger partial charge in [-0.1, -0.05) is 30.3 Å². The summed E-state index contributed by atoms with van der Waals surface area (Å²) in [7, 11) is 0. The first-order chi connectivity index (χ1) is 15.7. The van der Waals surface area contributed by atoms with Crippen molar-refractivity contribution in [2.75, 3.05) is 5.32 Å². The number of fused-ring (bicyclic) bond motifs is 3. The molecule has 0 radical (unpaired) electrons. The lowest BCUT2D eigenvalue weighted by Crippen LogP contribution is -2.28. The van der Waals surface area contributed by atoms with Crippen LogP contribution in [0, 0.1) is 0 Å². The summed E-state index contributed by atoms with van der Waals surface area (Å²) in [6.07, 6.45) is 1.77. The maximum Gasteiger partial charge on any atom is 0.319 e. The first-order valence-electron chi connectivity index (χ1n) is 10.1. The number of urea groups is 1. The second-order valence-corrected chi connectivity index (χ2v) is 9.59. The first-order valence-corrected chi connectivity index (χ1v) is 11.7. The Morgan fingerprint density at radius 1 is 0.938 bits per heavy atom. The number of anilines is 1. The number of aromatic amines is 1. The Balaban J connectivity index is 1.25. The molecular weight excluding hydrogens is 438 g/mol. The minimum absolute atomic E-state index is 0.269. The summed E-state index contributed by atoms with van der Waals surface area (Å²) < 4.78 is 2.34. The van der Waals surface area contributed by atoms with E-state index in [0.29, 0.717) is 12.2 Å². The van der Waals surface area contributed by atoms with Crippen molar-refractivity contribution in [3.05, 3.63) is 77.9 Å². The van der Waals surface area contributed by atoms with E-state index in [1.165, 1.54) is 10.1 Å². The third-order valence-electron chi connectivity index (χ3n) is 5.24. The number of benzene rings is 3. The van der Waals surface area contributed by atoms with Crippen LogP contribution in [-0.4, -0.2) is 21.2 Å². The Morgan fingerprint density at radius 2 is 1.78 bits per heavy atom. The summed E-state index contributed by atoms with van der Waals surface area (Å²) in [6.45, 7) is 0.377. The maximum absolute atomic E-state index is 12.6. The third-order valence-corrected chi connectivity index (χ3v) is 7.42. The molecule has 0 aliphatic heterocycles. The Bertz CT molecular complexity index is 1530. The standard InChI is InChI=1S/C24H17N5OS2/c30-24(25-13-22-28-18-6-2-4-8-20(18)32-22)27-16-9-15-12-26-29-23(15)17(11-16)21-10-14-5-1-3-7-19(14)31-21/h1-12H,13H2,(H,26,29)(H2,25,27,30). The van der Waals surface area contributed by atoms with Crippen molar-refractivity contribution in [3.8, 4) is 10.4 Å². The number of thiophene rings is 1. The third kappa shape index (κ3) is 3.49. The molecule has 0 spiro atoms. The lowest BCUT2D eigenvalue weighted by molar-refractivity contribution is 0.251. The number of hydrogen-bond acceptors (Lipinski definition) is 5. The average Bonchev–Trinajstić information content (AvgIpc) is 3.54. The predicted molar refractivity (Wildman–Crippen MR) is 132 cm³/mol. The van der Waals surface area contributed by atoms with Crippen molar-refractivity contribution in [1.82, 2.24) is 20.5 Å². The molecule has 0 fully saturated rings. The van der Waals surface area contributed by atoms with Crippen molar-refractivity contribution < 1.29 is 4.79 Å². The van der Waals surface area contributed by atoms with E-state index in [2.05, 4.69) is 44.0 Å². The zero-order chi connectivity index (χ0) is 21.5. The van der Waals surface area contributed by atoms with Gasteiger partial charge in [0.05, 0.1) is 28.5 Å². The van der Waals surface area contributed by atoms with Crippen LogP contribution in [0.3, 0.4) is 0 Å². The van der Waals surface area contributed by atoms with E-state index in [0.717, 1.165) is 36.6 Å². The van der Waals surface area contributed by atoms with Gasteiger partial charge in [0.15, 0.2) is 0 Å². The van der Waals surface area contributed by atoms with E-state index in [-0.39, 0.29) is 6.03 Å². The Labute approximate surface area is 190 Å². The SMILES string of the molecule is O=C(NCc1nc2ccccc2s1)Nc1cc(-c2cc3ccccc3s2)c2[nH]ncc2c1. The van der Waals surface area contributed by atoms with E-state index in [1.807, 2.05) is 48.5 Å². The van der Waals surface area contributed by atoms with Crippen LogP contribution in [0.5, 0.6) is 0 Å². The molecule has 3 heterocycles. The molecule has 6 aromatic rings. The van der Waals surface area contributed by atoms with Gasteiger partial charge in [-0.05, 0) is 41.8 Å². The zero-order valence-corrected chi connectivity index (χ0v) is 18.4. The van der Waals surface area contributed by atoms with Crippen molar-refractivity contribution in [3.63, 3.8) is 0 Å². The summed E-state index contributed by atoms with van der Waals surface area (Å²) in [5.41, 5.74) is 3.64. The molecule has 0 atom stereocenters. The average molecular weight is 456 g/mol. The minimum atomic E-state index is -0.269. The molecule has 0 saturated carbocycles. The molecule has 0 unspecified atom stereocenters. The lowest BCUT2D eigenvalue weighted by atomic mass is 10.1. The fourth-order valence-corrected chi connectivity index (χ4v) is 5.76. The Kier molecular flexibility index (Phi) is 4.59. The number of nitrogens with zero attached hydrogens (tertiary/aromatic N) is 2.